The highest BCUT2D eigenvalue weighted by molar-refractivity contribution is 5.48. The van der Waals surface area contributed by atoms with Gasteiger partial charge in [-0.2, -0.15) is 0 Å². The molecule has 0 radical (unpaired) electrons. The van der Waals surface area contributed by atoms with Crippen molar-refractivity contribution in [3.63, 3.8) is 0 Å². The zero-order valence-corrected chi connectivity index (χ0v) is 7.26. The van der Waals surface area contributed by atoms with Gasteiger partial charge in [0.15, 0.2) is 5.67 Å². The third-order valence-corrected chi connectivity index (χ3v) is 2.44. The Kier molecular flexibility index (Phi) is 1.92. The van der Waals surface area contributed by atoms with Crippen molar-refractivity contribution in [1.82, 2.24) is 10.3 Å². The smallest absolute Gasteiger partial charge is 0.153 e. The maximum Gasteiger partial charge on any atom is 0.153 e. The van der Waals surface area contributed by atoms with E-state index in [4.69, 9.17) is 5.73 Å². The second-order valence-electron chi connectivity index (χ2n) is 3.36. The van der Waals surface area contributed by atoms with Gasteiger partial charge in [0, 0.05) is 30.2 Å². The number of nitrogens with one attached hydrogen (secondary N) is 1. The first-order chi connectivity index (χ1) is 6.22. The van der Waals surface area contributed by atoms with Crippen LogP contribution in [0.15, 0.2) is 18.5 Å². The normalized spacial score (nSPS) is 27.8. The van der Waals surface area contributed by atoms with Crippen LogP contribution in [0.5, 0.6) is 0 Å². The van der Waals surface area contributed by atoms with Gasteiger partial charge in [-0.25, -0.2) is 4.39 Å². The van der Waals surface area contributed by atoms with Gasteiger partial charge < -0.3 is 11.1 Å². The lowest BCUT2D eigenvalue weighted by Crippen LogP contribution is -2.24. The molecule has 70 valence electrons. The Bertz CT molecular complexity index is 307. The molecule has 0 aliphatic carbocycles. The Morgan fingerprint density at radius 1 is 1.62 bits per heavy atom. The van der Waals surface area contributed by atoms with Crippen molar-refractivity contribution in [3.8, 4) is 0 Å². The molecule has 1 aliphatic heterocycles. The second kappa shape index (κ2) is 2.96. The van der Waals surface area contributed by atoms with Crippen LogP contribution in [0.1, 0.15) is 12.0 Å². The predicted octanol–water partition coefficient (Wildman–Crippen LogP) is 0.822. The van der Waals surface area contributed by atoms with Crippen LogP contribution in [-0.2, 0) is 5.67 Å². The number of nitrogens with zero attached hydrogens (tertiary/aromatic N) is 1. The molecule has 1 fully saturated rings. The van der Waals surface area contributed by atoms with Crippen LogP contribution in [0.3, 0.4) is 0 Å². The molecule has 3 nitrogen and oxygen atoms in total. The molecule has 2 rings (SSSR count). The molecule has 0 bridgehead atoms. The minimum atomic E-state index is -1.32. The van der Waals surface area contributed by atoms with Gasteiger partial charge >= 0.3 is 0 Å². The summed E-state index contributed by atoms with van der Waals surface area (Å²) >= 11 is 0. The van der Waals surface area contributed by atoms with Crippen LogP contribution in [0.25, 0.3) is 0 Å². The number of halogens is 1. The number of pyridine rings is 1. The maximum absolute atomic E-state index is 14.1. The van der Waals surface area contributed by atoms with E-state index in [0.29, 0.717) is 30.8 Å². The first-order valence-electron chi connectivity index (χ1n) is 4.32. The Hall–Kier alpha value is -1.16. The van der Waals surface area contributed by atoms with Crippen molar-refractivity contribution in [2.24, 2.45) is 0 Å². The molecule has 1 unspecified atom stereocenters. The summed E-state index contributed by atoms with van der Waals surface area (Å²) in [7, 11) is 0. The third-order valence-electron chi connectivity index (χ3n) is 2.44. The minimum Gasteiger partial charge on any atom is -0.398 e. The van der Waals surface area contributed by atoms with Gasteiger partial charge in [-0.05, 0) is 19.0 Å². The number of rotatable bonds is 1. The fourth-order valence-electron chi connectivity index (χ4n) is 1.67. The summed E-state index contributed by atoms with van der Waals surface area (Å²) in [6.07, 6.45) is 3.57. The van der Waals surface area contributed by atoms with Crippen LogP contribution in [-0.4, -0.2) is 18.1 Å². The Morgan fingerprint density at radius 3 is 3.08 bits per heavy atom. The lowest BCUT2D eigenvalue weighted by atomic mass is 9.95. The van der Waals surface area contributed by atoms with E-state index in [1.807, 2.05) is 0 Å². The molecule has 1 aromatic rings. The molecule has 13 heavy (non-hydrogen) atoms. The number of nitrogens with two attached hydrogens (primary N) is 1. The maximum atomic E-state index is 14.1. The molecular weight excluding hydrogens is 169 g/mol. The summed E-state index contributed by atoms with van der Waals surface area (Å²) < 4.78 is 14.1. The van der Waals surface area contributed by atoms with Crippen LogP contribution < -0.4 is 11.1 Å². The number of aromatic nitrogens is 1. The highest BCUT2D eigenvalue weighted by atomic mass is 19.1. The first kappa shape index (κ1) is 8.44. The van der Waals surface area contributed by atoms with Crippen molar-refractivity contribution in [2.45, 2.75) is 12.1 Å². The number of hydrogen-bond acceptors (Lipinski definition) is 3. The van der Waals surface area contributed by atoms with E-state index in [9.17, 15) is 4.39 Å². The lowest BCUT2D eigenvalue weighted by Gasteiger charge is -2.19. The molecule has 0 aromatic carbocycles. The molecule has 3 N–H and O–H groups in total. The fraction of sp³-hybridized carbons (Fsp3) is 0.444. The molecule has 0 saturated carbocycles. The lowest BCUT2D eigenvalue weighted by molar-refractivity contribution is 0.194. The molecule has 2 heterocycles. The van der Waals surface area contributed by atoms with E-state index in [1.165, 1.54) is 6.20 Å². The standard InChI is InChI=1S/C9H12FN3/c10-9(2-4-13-6-9)7-5-12-3-1-8(7)11/h1,3,5,13H,2,4,6H2,(H2,11,12). The summed E-state index contributed by atoms with van der Waals surface area (Å²) in [6.45, 7) is 1.04. The van der Waals surface area contributed by atoms with Gasteiger partial charge in [-0.1, -0.05) is 0 Å². The summed E-state index contributed by atoms with van der Waals surface area (Å²) in [6, 6.07) is 1.63. The molecule has 1 atom stereocenters. The van der Waals surface area contributed by atoms with E-state index < -0.39 is 5.67 Å². The summed E-state index contributed by atoms with van der Waals surface area (Å²) in [5.74, 6) is 0. The van der Waals surface area contributed by atoms with Gasteiger partial charge in [-0.15, -0.1) is 0 Å². The summed E-state index contributed by atoms with van der Waals surface area (Å²) in [5.41, 5.74) is 5.36. The van der Waals surface area contributed by atoms with Gasteiger partial charge in [0.1, 0.15) is 0 Å². The minimum absolute atomic E-state index is 0.336. The summed E-state index contributed by atoms with van der Waals surface area (Å²) in [5, 5.41) is 2.98. The second-order valence-corrected chi connectivity index (χ2v) is 3.36. The van der Waals surface area contributed by atoms with Crippen molar-refractivity contribution in [2.75, 3.05) is 18.8 Å². The Morgan fingerprint density at radius 2 is 2.46 bits per heavy atom. The van der Waals surface area contributed by atoms with Crippen molar-refractivity contribution >= 4 is 5.69 Å². The number of hydrogen-bond donors (Lipinski definition) is 2. The van der Waals surface area contributed by atoms with Crippen LogP contribution in [0.4, 0.5) is 10.1 Å². The molecule has 1 aromatic heterocycles. The highest BCUT2D eigenvalue weighted by Crippen LogP contribution is 2.34. The highest BCUT2D eigenvalue weighted by Gasteiger charge is 2.37. The van der Waals surface area contributed by atoms with E-state index in [2.05, 4.69) is 10.3 Å². The summed E-state index contributed by atoms with van der Waals surface area (Å²) in [4.78, 5) is 3.89. The van der Waals surface area contributed by atoms with Crippen LogP contribution in [0.2, 0.25) is 0 Å². The van der Waals surface area contributed by atoms with Gasteiger partial charge in [0.05, 0.1) is 0 Å². The van der Waals surface area contributed by atoms with Crippen molar-refractivity contribution in [3.05, 3.63) is 24.0 Å². The van der Waals surface area contributed by atoms with Crippen molar-refractivity contribution < 1.29 is 4.39 Å². The van der Waals surface area contributed by atoms with E-state index >= 15 is 0 Å². The number of anilines is 1. The average molecular weight is 181 g/mol. The predicted molar refractivity (Wildman–Crippen MR) is 48.9 cm³/mol. The van der Waals surface area contributed by atoms with Gasteiger partial charge in [0.2, 0.25) is 0 Å². The van der Waals surface area contributed by atoms with E-state index in [-0.39, 0.29) is 0 Å². The first-order valence-corrected chi connectivity index (χ1v) is 4.32. The number of alkyl halides is 1. The molecular formula is C9H12FN3. The Balaban J connectivity index is 2.39. The monoisotopic (exact) mass is 181 g/mol. The van der Waals surface area contributed by atoms with Crippen molar-refractivity contribution in [1.29, 1.82) is 0 Å². The molecule has 1 aliphatic rings. The van der Waals surface area contributed by atoms with Crippen LogP contribution in [0, 0.1) is 0 Å². The quantitative estimate of drug-likeness (QED) is 0.674. The zero-order chi connectivity index (χ0) is 9.31. The Labute approximate surface area is 76.2 Å². The SMILES string of the molecule is Nc1ccncc1C1(F)CCNC1. The molecule has 0 spiro atoms. The van der Waals surface area contributed by atoms with E-state index in [0.717, 1.165) is 0 Å². The fourth-order valence-corrected chi connectivity index (χ4v) is 1.67. The molecule has 4 heteroatoms. The molecule has 0 amide bonds. The van der Waals surface area contributed by atoms with Crippen LogP contribution >= 0.6 is 0 Å². The van der Waals surface area contributed by atoms with Gasteiger partial charge in [0.25, 0.3) is 0 Å². The van der Waals surface area contributed by atoms with E-state index in [1.54, 1.807) is 12.3 Å². The topological polar surface area (TPSA) is 50.9 Å². The zero-order valence-electron chi connectivity index (χ0n) is 7.26. The molecule has 1 saturated heterocycles. The average Bonchev–Trinajstić information content (AvgIpc) is 2.54. The van der Waals surface area contributed by atoms with Gasteiger partial charge in [-0.3, -0.25) is 4.98 Å². The number of nitrogen functional groups attached to an aromatic ring is 1. The largest absolute Gasteiger partial charge is 0.398 e. The third kappa shape index (κ3) is 1.37.